The van der Waals surface area contributed by atoms with Gasteiger partial charge < -0.3 is 10.1 Å². The van der Waals surface area contributed by atoms with Crippen LogP contribution < -0.4 is 10.1 Å². The van der Waals surface area contributed by atoms with Gasteiger partial charge in [0.1, 0.15) is 5.75 Å². The number of benzene rings is 3. The summed E-state index contributed by atoms with van der Waals surface area (Å²) in [6.45, 7) is 3.88. The number of aromatic nitrogens is 3. The molecule has 0 aliphatic rings. The number of hydrogen-bond acceptors (Lipinski definition) is 7. The van der Waals surface area contributed by atoms with Gasteiger partial charge in [-0.1, -0.05) is 36.0 Å². The number of nitrogens with zero attached hydrogens (tertiary/aromatic N) is 4. The van der Waals surface area contributed by atoms with Crippen LogP contribution in [0, 0.1) is 17.0 Å². The van der Waals surface area contributed by atoms with Crippen LogP contribution in [0.4, 0.5) is 5.69 Å². The Morgan fingerprint density at radius 3 is 2.42 bits per heavy atom. The van der Waals surface area contributed by atoms with E-state index in [2.05, 4.69) is 34.6 Å². The molecule has 10 heteroatoms. The van der Waals surface area contributed by atoms with E-state index in [1.54, 1.807) is 43.5 Å². The third-order valence-corrected chi connectivity index (χ3v) is 6.66. The summed E-state index contributed by atoms with van der Waals surface area (Å²) in [7, 11) is 1.57. The van der Waals surface area contributed by atoms with Gasteiger partial charge in [-0.05, 0) is 61.4 Å². The number of nitrogens with one attached hydrogen (secondary N) is 1. The number of amides is 1. The van der Waals surface area contributed by atoms with E-state index >= 15 is 0 Å². The first-order valence-corrected chi connectivity index (χ1v) is 12.2. The quantitative estimate of drug-likeness (QED) is 0.188. The zero-order valence-corrected chi connectivity index (χ0v) is 20.9. The van der Waals surface area contributed by atoms with Crippen molar-refractivity contribution in [1.82, 2.24) is 20.1 Å². The van der Waals surface area contributed by atoms with Crippen molar-refractivity contribution in [3.05, 3.63) is 105 Å². The standard InChI is InChI=1S/C26H25N5O4S/c1-17-6-4-5-7-20(17)16-36-26-29-28-24(30(26)21-10-12-22(13-11-21)31(33)34)18(2)27-25(32)19-8-14-23(35-3)15-9-19/h4-15,18H,16H2,1-3H3,(H,27,32). The van der Waals surface area contributed by atoms with Crippen molar-refractivity contribution in [3.8, 4) is 11.4 Å². The van der Waals surface area contributed by atoms with Crippen molar-refractivity contribution < 1.29 is 14.5 Å². The van der Waals surface area contributed by atoms with E-state index in [0.717, 1.165) is 0 Å². The monoisotopic (exact) mass is 503 g/mol. The number of methoxy groups -OCH3 is 1. The Labute approximate surface area is 212 Å². The fourth-order valence-electron chi connectivity index (χ4n) is 3.62. The maximum atomic E-state index is 12.9. The van der Waals surface area contributed by atoms with E-state index in [0.29, 0.717) is 33.7 Å². The van der Waals surface area contributed by atoms with Crippen molar-refractivity contribution in [2.45, 2.75) is 30.8 Å². The fourth-order valence-corrected chi connectivity index (χ4v) is 4.66. The predicted molar refractivity (Wildman–Crippen MR) is 138 cm³/mol. The van der Waals surface area contributed by atoms with E-state index in [1.807, 2.05) is 23.6 Å². The SMILES string of the molecule is COc1ccc(C(=O)NC(C)c2nnc(SCc3ccccc3C)n2-c2ccc([N+](=O)[O-])cc2)cc1. The molecule has 1 heterocycles. The topological polar surface area (TPSA) is 112 Å². The van der Waals surface area contributed by atoms with Gasteiger partial charge in [-0.25, -0.2) is 0 Å². The number of aryl methyl sites for hydroxylation is 1. The maximum absolute atomic E-state index is 12.9. The van der Waals surface area contributed by atoms with Gasteiger partial charge in [0.2, 0.25) is 0 Å². The van der Waals surface area contributed by atoms with Crippen LogP contribution >= 0.6 is 11.8 Å². The van der Waals surface area contributed by atoms with Crippen molar-refractivity contribution >= 4 is 23.4 Å². The molecule has 1 amide bonds. The molecular weight excluding hydrogens is 478 g/mol. The number of nitro benzene ring substituents is 1. The summed E-state index contributed by atoms with van der Waals surface area (Å²) >= 11 is 1.51. The maximum Gasteiger partial charge on any atom is 0.269 e. The van der Waals surface area contributed by atoms with Gasteiger partial charge in [-0.2, -0.15) is 0 Å². The Kier molecular flexibility index (Phi) is 7.65. The summed E-state index contributed by atoms with van der Waals surface area (Å²) in [5.41, 5.74) is 3.48. The molecule has 1 atom stereocenters. The van der Waals surface area contributed by atoms with Gasteiger partial charge in [0.25, 0.3) is 11.6 Å². The first-order valence-electron chi connectivity index (χ1n) is 11.2. The van der Waals surface area contributed by atoms with Crippen LogP contribution in [0.15, 0.2) is 78.0 Å². The summed E-state index contributed by atoms with van der Waals surface area (Å²) < 4.78 is 6.98. The third kappa shape index (κ3) is 5.55. The normalized spacial score (nSPS) is 11.6. The molecule has 3 aromatic carbocycles. The molecular formula is C26H25N5O4S. The molecule has 0 radical (unpaired) electrons. The smallest absolute Gasteiger partial charge is 0.269 e. The van der Waals surface area contributed by atoms with Crippen molar-refractivity contribution in [2.24, 2.45) is 0 Å². The van der Waals surface area contributed by atoms with Crippen molar-refractivity contribution in [1.29, 1.82) is 0 Å². The summed E-state index contributed by atoms with van der Waals surface area (Å²) in [6.07, 6.45) is 0. The lowest BCUT2D eigenvalue weighted by atomic mass is 10.1. The van der Waals surface area contributed by atoms with E-state index in [4.69, 9.17) is 4.74 Å². The Morgan fingerprint density at radius 1 is 1.08 bits per heavy atom. The Bertz CT molecular complexity index is 1370. The number of hydrogen-bond donors (Lipinski definition) is 1. The van der Waals surface area contributed by atoms with Gasteiger partial charge in [0.05, 0.1) is 18.1 Å². The number of rotatable bonds is 9. The van der Waals surface area contributed by atoms with Gasteiger partial charge in [0.15, 0.2) is 11.0 Å². The minimum Gasteiger partial charge on any atom is -0.497 e. The van der Waals surface area contributed by atoms with Gasteiger partial charge in [0, 0.05) is 29.1 Å². The van der Waals surface area contributed by atoms with Crippen LogP contribution in [-0.2, 0) is 5.75 Å². The lowest BCUT2D eigenvalue weighted by Crippen LogP contribution is -2.28. The average Bonchev–Trinajstić information content (AvgIpc) is 3.32. The lowest BCUT2D eigenvalue weighted by molar-refractivity contribution is -0.384. The second-order valence-corrected chi connectivity index (χ2v) is 9.03. The molecule has 0 bridgehead atoms. The van der Waals surface area contributed by atoms with E-state index < -0.39 is 11.0 Å². The van der Waals surface area contributed by atoms with Crippen LogP contribution in [0.1, 0.15) is 40.3 Å². The van der Waals surface area contributed by atoms with Crippen LogP contribution in [0.3, 0.4) is 0 Å². The summed E-state index contributed by atoms with van der Waals surface area (Å²) in [6, 6.07) is 20.6. The van der Waals surface area contributed by atoms with Gasteiger partial charge in [-0.3, -0.25) is 19.5 Å². The molecule has 0 fully saturated rings. The number of carbonyl (C=O) groups excluding carboxylic acids is 1. The molecule has 0 aliphatic heterocycles. The average molecular weight is 504 g/mol. The van der Waals surface area contributed by atoms with Crippen molar-refractivity contribution in [2.75, 3.05) is 7.11 Å². The number of non-ortho nitro benzene ring substituents is 1. The molecule has 0 saturated heterocycles. The van der Waals surface area contributed by atoms with E-state index in [-0.39, 0.29) is 11.6 Å². The molecule has 1 unspecified atom stereocenters. The first kappa shape index (κ1) is 24.9. The van der Waals surface area contributed by atoms with Crippen LogP contribution in [0.25, 0.3) is 5.69 Å². The molecule has 1 aromatic heterocycles. The number of carbonyl (C=O) groups is 1. The predicted octanol–water partition coefficient (Wildman–Crippen LogP) is 5.28. The van der Waals surface area contributed by atoms with Crippen LogP contribution in [0.5, 0.6) is 5.75 Å². The summed E-state index contributed by atoms with van der Waals surface area (Å²) in [4.78, 5) is 23.6. The van der Waals surface area contributed by atoms with E-state index in [9.17, 15) is 14.9 Å². The minimum absolute atomic E-state index is 0.0108. The minimum atomic E-state index is -0.491. The number of nitro groups is 1. The van der Waals surface area contributed by atoms with Crippen molar-refractivity contribution in [3.63, 3.8) is 0 Å². The highest BCUT2D eigenvalue weighted by Gasteiger charge is 2.22. The lowest BCUT2D eigenvalue weighted by Gasteiger charge is -2.16. The highest BCUT2D eigenvalue weighted by molar-refractivity contribution is 7.98. The first-order chi connectivity index (χ1) is 17.4. The zero-order chi connectivity index (χ0) is 25.7. The zero-order valence-electron chi connectivity index (χ0n) is 20.0. The number of ether oxygens (including phenoxy) is 1. The van der Waals surface area contributed by atoms with Gasteiger partial charge in [-0.15, -0.1) is 10.2 Å². The van der Waals surface area contributed by atoms with E-state index in [1.165, 1.54) is 35.0 Å². The molecule has 4 aromatic rings. The van der Waals surface area contributed by atoms with Gasteiger partial charge >= 0.3 is 0 Å². The molecule has 0 aliphatic carbocycles. The third-order valence-electron chi connectivity index (χ3n) is 5.68. The molecule has 0 spiro atoms. The van der Waals surface area contributed by atoms with Crippen LogP contribution in [-0.4, -0.2) is 32.7 Å². The van der Waals surface area contributed by atoms with Crippen LogP contribution in [0.2, 0.25) is 0 Å². The molecule has 184 valence electrons. The second-order valence-electron chi connectivity index (χ2n) is 8.09. The molecule has 4 rings (SSSR count). The number of thioether (sulfide) groups is 1. The largest absolute Gasteiger partial charge is 0.497 e. The summed E-state index contributed by atoms with van der Waals surface area (Å²) in [5, 5.41) is 23.5. The Morgan fingerprint density at radius 2 is 1.78 bits per heavy atom. The molecule has 36 heavy (non-hydrogen) atoms. The highest BCUT2D eigenvalue weighted by Crippen LogP contribution is 2.29. The molecule has 9 nitrogen and oxygen atoms in total. The summed E-state index contributed by atoms with van der Waals surface area (Å²) in [5.74, 6) is 1.58. The molecule has 1 N–H and O–H groups in total. The Balaban J connectivity index is 1.63. The highest BCUT2D eigenvalue weighted by atomic mass is 32.2. The fraction of sp³-hybridized carbons (Fsp3) is 0.192. The molecule has 0 saturated carbocycles. The Hall–Kier alpha value is -4.18. The second kappa shape index (κ2) is 11.0.